The lowest BCUT2D eigenvalue weighted by Gasteiger charge is -2.21. The summed E-state index contributed by atoms with van der Waals surface area (Å²) in [7, 11) is 0. The quantitative estimate of drug-likeness (QED) is 0.793. The highest BCUT2D eigenvalue weighted by molar-refractivity contribution is 5.95. The van der Waals surface area contributed by atoms with E-state index in [0.717, 1.165) is 37.9 Å². The maximum atomic E-state index is 12.1. The Hall–Kier alpha value is -1.29. The van der Waals surface area contributed by atoms with Gasteiger partial charge >= 0.3 is 0 Å². The maximum absolute atomic E-state index is 12.1. The van der Waals surface area contributed by atoms with Crippen LogP contribution in [0.5, 0.6) is 0 Å². The summed E-state index contributed by atoms with van der Waals surface area (Å²) >= 11 is 0. The monoisotopic (exact) mass is 251 g/mol. The van der Waals surface area contributed by atoms with E-state index in [4.69, 9.17) is 4.42 Å². The van der Waals surface area contributed by atoms with Crippen molar-refractivity contribution in [1.29, 1.82) is 0 Å². The Balaban J connectivity index is 2.04. The highest BCUT2D eigenvalue weighted by Gasteiger charge is 2.24. The van der Waals surface area contributed by atoms with Crippen molar-refractivity contribution >= 4 is 5.91 Å². The third-order valence-corrected chi connectivity index (χ3v) is 3.58. The zero-order valence-corrected chi connectivity index (χ0v) is 11.0. The number of rotatable bonds is 2. The molecule has 1 amide bonds. The van der Waals surface area contributed by atoms with E-state index < -0.39 is 6.10 Å². The first-order chi connectivity index (χ1) is 8.58. The number of aryl methyl sites for hydroxylation is 2. The molecule has 1 aromatic rings. The third kappa shape index (κ3) is 2.93. The summed E-state index contributed by atoms with van der Waals surface area (Å²) in [6.45, 7) is 3.61. The van der Waals surface area contributed by atoms with Crippen LogP contribution >= 0.6 is 0 Å². The van der Waals surface area contributed by atoms with Crippen LogP contribution in [0.15, 0.2) is 10.5 Å². The number of aliphatic hydroxyl groups excluding tert-OH is 1. The second kappa shape index (κ2) is 5.57. The van der Waals surface area contributed by atoms with E-state index in [-0.39, 0.29) is 11.9 Å². The first-order valence-electron chi connectivity index (χ1n) is 6.64. The summed E-state index contributed by atoms with van der Waals surface area (Å²) in [5.74, 6) is 1.22. The highest BCUT2D eigenvalue weighted by Crippen LogP contribution is 2.19. The van der Waals surface area contributed by atoms with E-state index in [9.17, 15) is 9.90 Å². The van der Waals surface area contributed by atoms with Gasteiger partial charge in [0.05, 0.1) is 17.7 Å². The molecule has 0 bridgehead atoms. The predicted molar refractivity (Wildman–Crippen MR) is 68.5 cm³/mol. The number of carbonyl (C=O) groups is 1. The Kier molecular flexibility index (Phi) is 4.07. The van der Waals surface area contributed by atoms with E-state index in [1.54, 1.807) is 13.0 Å². The molecule has 1 fully saturated rings. The van der Waals surface area contributed by atoms with E-state index in [1.807, 2.05) is 6.92 Å². The van der Waals surface area contributed by atoms with Gasteiger partial charge in [-0.2, -0.15) is 0 Å². The topological polar surface area (TPSA) is 62.5 Å². The lowest BCUT2D eigenvalue weighted by atomic mass is 10.1. The van der Waals surface area contributed by atoms with Crippen LogP contribution in [0, 0.1) is 13.8 Å². The number of furan rings is 1. The lowest BCUT2D eigenvalue weighted by Crippen LogP contribution is -2.42. The first kappa shape index (κ1) is 13.1. The van der Waals surface area contributed by atoms with Crippen LogP contribution in [0.2, 0.25) is 0 Å². The van der Waals surface area contributed by atoms with Crippen LogP contribution in [0.1, 0.15) is 54.0 Å². The van der Waals surface area contributed by atoms with Gasteiger partial charge in [0, 0.05) is 0 Å². The average Bonchev–Trinajstić information content (AvgIpc) is 2.52. The minimum Gasteiger partial charge on any atom is -0.466 e. The Morgan fingerprint density at radius 2 is 2.06 bits per heavy atom. The Morgan fingerprint density at radius 1 is 1.33 bits per heavy atom. The molecular weight excluding hydrogens is 230 g/mol. The fraction of sp³-hybridized carbons (Fsp3) is 0.643. The Labute approximate surface area is 107 Å². The van der Waals surface area contributed by atoms with Crippen molar-refractivity contribution in [3.05, 3.63) is 23.2 Å². The molecule has 1 aliphatic rings. The van der Waals surface area contributed by atoms with Gasteiger partial charge in [-0.1, -0.05) is 19.3 Å². The van der Waals surface area contributed by atoms with Crippen molar-refractivity contribution in [2.24, 2.45) is 0 Å². The highest BCUT2D eigenvalue weighted by atomic mass is 16.3. The van der Waals surface area contributed by atoms with E-state index in [2.05, 4.69) is 5.32 Å². The van der Waals surface area contributed by atoms with Gasteiger partial charge in [-0.25, -0.2) is 0 Å². The number of nitrogens with one attached hydrogen (secondary N) is 1. The maximum Gasteiger partial charge on any atom is 0.255 e. The molecular formula is C14H21NO3. The molecule has 2 unspecified atom stereocenters. The van der Waals surface area contributed by atoms with Crippen molar-refractivity contribution < 1.29 is 14.3 Å². The molecule has 18 heavy (non-hydrogen) atoms. The number of aliphatic hydroxyl groups is 1. The van der Waals surface area contributed by atoms with Crippen LogP contribution in [0.4, 0.5) is 0 Å². The third-order valence-electron chi connectivity index (χ3n) is 3.58. The Morgan fingerprint density at radius 3 is 2.72 bits per heavy atom. The molecule has 0 aromatic carbocycles. The summed E-state index contributed by atoms with van der Waals surface area (Å²) in [6, 6.07) is 1.61. The first-order valence-corrected chi connectivity index (χ1v) is 6.64. The molecule has 2 atom stereocenters. The molecule has 2 N–H and O–H groups in total. The normalized spacial score (nSPS) is 24.6. The van der Waals surface area contributed by atoms with Gasteiger partial charge in [-0.05, 0) is 32.8 Å². The molecule has 2 rings (SSSR count). The minimum atomic E-state index is -0.426. The summed E-state index contributed by atoms with van der Waals surface area (Å²) in [6.07, 6.45) is 4.43. The molecule has 1 heterocycles. The lowest BCUT2D eigenvalue weighted by molar-refractivity contribution is 0.0817. The van der Waals surface area contributed by atoms with E-state index in [0.29, 0.717) is 11.3 Å². The molecule has 100 valence electrons. The zero-order valence-electron chi connectivity index (χ0n) is 11.0. The van der Waals surface area contributed by atoms with Crippen molar-refractivity contribution in [2.45, 2.75) is 58.1 Å². The fourth-order valence-electron chi connectivity index (χ4n) is 2.56. The molecule has 1 aromatic heterocycles. The number of carbonyl (C=O) groups excluding carboxylic acids is 1. The predicted octanol–water partition coefficient (Wildman–Crippen LogP) is 2.32. The van der Waals surface area contributed by atoms with E-state index >= 15 is 0 Å². The van der Waals surface area contributed by atoms with Gasteiger partial charge in [-0.3, -0.25) is 4.79 Å². The molecule has 1 saturated carbocycles. The molecule has 0 aliphatic heterocycles. The fourth-order valence-corrected chi connectivity index (χ4v) is 2.56. The van der Waals surface area contributed by atoms with Gasteiger partial charge in [-0.15, -0.1) is 0 Å². The van der Waals surface area contributed by atoms with Crippen LogP contribution < -0.4 is 5.32 Å². The van der Waals surface area contributed by atoms with Gasteiger partial charge < -0.3 is 14.8 Å². The molecule has 4 nitrogen and oxygen atoms in total. The summed E-state index contributed by atoms with van der Waals surface area (Å²) in [5, 5.41) is 12.9. The molecule has 0 saturated heterocycles. The summed E-state index contributed by atoms with van der Waals surface area (Å²) in [4.78, 5) is 12.1. The Bertz CT molecular complexity index is 425. The second-order valence-electron chi connectivity index (χ2n) is 5.11. The molecule has 0 spiro atoms. The molecule has 1 aliphatic carbocycles. The van der Waals surface area contributed by atoms with Crippen LogP contribution in [-0.2, 0) is 0 Å². The molecule has 0 radical (unpaired) electrons. The van der Waals surface area contributed by atoms with Crippen LogP contribution in [0.25, 0.3) is 0 Å². The average molecular weight is 251 g/mol. The zero-order chi connectivity index (χ0) is 13.1. The van der Waals surface area contributed by atoms with Crippen molar-refractivity contribution in [1.82, 2.24) is 5.32 Å². The minimum absolute atomic E-state index is 0.130. The van der Waals surface area contributed by atoms with Crippen molar-refractivity contribution in [3.63, 3.8) is 0 Å². The largest absolute Gasteiger partial charge is 0.466 e. The van der Waals surface area contributed by atoms with Crippen LogP contribution in [-0.4, -0.2) is 23.2 Å². The summed E-state index contributed by atoms with van der Waals surface area (Å²) in [5.41, 5.74) is 0.573. The number of hydrogen-bond donors (Lipinski definition) is 2. The number of amides is 1. The van der Waals surface area contributed by atoms with Gasteiger partial charge in [0.2, 0.25) is 0 Å². The standard InChI is InChI=1S/C14H21NO3/c1-9-8-11(10(2)18-9)14(17)15-12-6-4-3-5-7-13(12)16/h8,12-13,16H,3-7H2,1-2H3,(H,15,17). The van der Waals surface area contributed by atoms with Crippen molar-refractivity contribution in [2.75, 3.05) is 0 Å². The number of hydrogen-bond acceptors (Lipinski definition) is 3. The van der Waals surface area contributed by atoms with Gasteiger partial charge in [0.25, 0.3) is 5.91 Å². The summed E-state index contributed by atoms with van der Waals surface area (Å²) < 4.78 is 5.35. The van der Waals surface area contributed by atoms with Crippen molar-refractivity contribution in [3.8, 4) is 0 Å². The van der Waals surface area contributed by atoms with Gasteiger partial charge in [0.15, 0.2) is 0 Å². The molecule has 4 heteroatoms. The van der Waals surface area contributed by atoms with E-state index in [1.165, 1.54) is 0 Å². The van der Waals surface area contributed by atoms with Gasteiger partial charge in [0.1, 0.15) is 11.5 Å². The van der Waals surface area contributed by atoms with Crippen LogP contribution in [0.3, 0.4) is 0 Å². The second-order valence-corrected chi connectivity index (χ2v) is 5.11. The SMILES string of the molecule is Cc1cc(C(=O)NC2CCCCCC2O)c(C)o1. The smallest absolute Gasteiger partial charge is 0.255 e.